The van der Waals surface area contributed by atoms with Gasteiger partial charge in [0.2, 0.25) is 5.91 Å². The number of aliphatic hydroxyl groups is 1. The summed E-state index contributed by atoms with van der Waals surface area (Å²) in [5.74, 6) is 0.0780. The van der Waals surface area contributed by atoms with Crippen LogP contribution >= 0.6 is 11.6 Å². The molecule has 1 heterocycles. The molecule has 0 spiro atoms. The highest BCUT2D eigenvalue weighted by Gasteiger charge is 2.16. The zero-order valence-corrected chi connectivity index (χ0v) is 11.1. The van der Waals surface area contributed by atoms with E-state index in [0.717, 1.165) is 17.8 Å². The van der Waals surface area contributed by atoms with Crippen LogP contribution < -0.4 is 10.2 Å². The SMILES string of the molecule is C[C@H](O)c1ccc(N2CCNC(=O)CC2)c(Cl)c1. The van der Waals surface area contributed by atoms with Gasteiger partial charge in [-0.1, -0.05) is 17.7 Å². The van der Waals surface area contributed by atoms with E-state index in [-0.39, 0.29) is 5.91 Å². The minimum atomic E-state index is -0.524. The monoisotopic (exact) mass is 268 g/mol. The Kier molecular flexibility index (Phi) is 4.09. The Hall–Kier alpha value is -1.26. The van der Waals surface area contributed by atoms with E-state index in [4.69, 9.17) is 11.6 Å². The third-order valence-electron chi connectivity index (χ3n) is 3.11. The first-order valence-electron chi connectivity index (χ1n) is 6.07. The van der Waals surface area contributed by atoms with E-state index in [2.05, 4.69) is 10.2 Å². The van der Waals surface area contributed by atoms with Crippen molar-refractivity contribution < 1.29 is 9.90 Å². The number of amides is 1. The standard InChI is InChI=1S/C13H17ClN2O2/c1-9(17)10-2-3-12(11(14)8-10)16-6-4-13(18)15-5-7-16/h2-3,8-9,17H,4-7H2,1H3,(H,15,18)/t9-/m0/s1. The van der Waals surface area contributed by atoms with Crippen molar-refractivity contribution in [1.82, 2.24) is 5.32 Å². The van der Waals surface area contributed by atoms with E-state index in [1.165, 1.54) is 0 Å². The van der Waals surface area contributed by atoms with Gasteiger partial charge in [-0.05, 0) is 24.6 Å². The second kappa shape index (κ2) is 5.59. The van der Waals surface area contributed by atoms with Crippen LogP contribution in [0.1, 0.15) is 25.0 Å². The fourth-order valence-electron chi connectivity index (χ4n) is 2.05. The van der Waals surface area contributed by atoms with Crippen LogP contribution in [-0.2, 0) is 4.79 Å². The van der Waals surface area contributed by atoms with E-state index < -0.39 is 6.10 Å². The van der Waals surface area contributed by atoms with Gasteiger partial charge in [0, 0.05) is 26.1 Å². The Balaban J connectivity index is 2.20. The molecule has 1 fully saturated rings. The molecular weight excluding hydrogens is 252 g/mol. The van der Waals surface area contributed by atoms with Gasteiger partial charge in [-0.25, -0.2) is 0 Å². The lowest BCUT2D eigenvalue weighted by Gasteiger charge is -2.23. The first-order chi connectivity index (χ1) is 8.58. The lowest BCUT2D eigenvalue weighted by Crippen LogP contribution is -2.28. The summed E-state index contributed by atoms with van der Waals surface area (Å²) in [6.45, 7) is 3.76. The Bertz CT molecular complexity index is 449. The van der Waals surface area contributed by atoms with E-state index in [9.17, 15) is 9.90 Å². The topological polar surface area (TPSA) is 52.6 Å². The summed E-state index contributed by atoms with van der Waals surface area (Å²) >= 11 is 6.24. The molecule has 98 valence electrons. The third-order valence-corrected chi connectivity index (χ3v) is 3.41. The normalized spacial score (nSPS) is 18.2. The van der Waals surface area contributed by atoms with Gasteiger partial charge in [0.15, 0.2) is 0 Å². The molecule has 18 heavy (non-hydrogen) atoms. The first-order valence-corrected chi connectivity index (χ1v) is 6.45. The second-order valence-electron chi connectivity index (χ2n) is 4.47. The molecule has 4 nitrogen and oxygen atoms in total. The van der Waals surface area contributed by atoms with Crippen molar-refractivity contribution in [2.24, 2.45) is 0 Å². The zero-order valence-electron chi connectivity index (χ0n) is 10.3. The highest BCUT2D eigenvalue weighted by Crippen LogP contribution is 2.29. The molecule has 0 bridgehead atoms. The van der Waals surface area contributed by atoms with Crippen LogP contribution in [0.5, 0.6) is 0 Å². The number of aliphatic hydroxyl groups excluding tert-OH is 1. The summed E-state index contributed by atoms with van der Waals surface area (Å²) in [6, 6.07) is 5.55. The number of carbonyl (C=O) groups is 1. The highest BCUT2D eigenvalue weighted by atomic mass is 35.5. The van der Waals surface area contributed by atoms with Gasteiger partial charge in [-0.15, -0.1) is 0 Å². The number of hydrogen-bond donors (Lipinski definition) is 2. The minimum Gasteiger partial charge on any atom is -0.389 e. The molecule has 0 radical (unpaired) electrons. The van der Waals surface area contributed by atoms with Gasteiger partial charge >= 0.3 is 0 Å². The van der Waals surface area contributed by atoms with Crippen LogP contribution in [0.25, 0.3) is 0 Å². The summed E-state index contributed by atoms with van der Waals surface area (Å²) in [6.07, 6.45) is -0.0435. The fraction of sp³-hybridized carbons (Fsp3) is 0.462. The number of hydrogen-bond acceptors (Lipinski definition) is 3. The van der Waals surface area contributed by atoms with Gasteiger partial charge in [0.1, 0.15) is 0 Å². The summed E-state index contributed by atoms with van der Waals surface area (Å²) in [5, 5.41) is 12.9. The van der Waals surface area contributed by atoms with Gasteiger partial charge in [-0.2, -0.15) is 0 Å². The minimum absolute atomic E-state index is 0.0780. The number of nitrogens with one attached hydrogen (secondary N) is 1. The van der Waals surface area contributed by atoms with Crippen molar-refractivity contribution in [3.05, 3.63) is 28.8 Å². The molecule has 2 rings (SSSR count). The van der Waals surface area contributed by atoms with Gasteiger partial charge < -0.3 is 15.3 Å². The molecule has 2 N–H and O–H groups in total. The van der Waals surface area contributed by atoms with E-state index in [0.29, 0.717) is 24.5 Å². The number of rotatable bonds is 2. The largest absolute Gasteiger partial charge is 0.389 e. The average Bonchev–Trinajstić information content (AvgIpc) is 2.54. The van der Waals surface area contributed by atoms with Gasteiger partial charge in [0.25, 0.3) is 0 Å². The highest BCUT2D eigenvalue weighted by molar-refractivity contribution is 6.33. The molecule has 5 heteroatoms. The Morgan fingerprint density at radius 2 is 2.22 bits per heavy atom. The number of carbonyl (C=O) groups excluding carboxylic acids is 1. The molecule has 1 aromatic rings. The second-order valence-corrected chi connectivity index (χ2v) is 4.88. The predicted octanol–water partition coefficient (Wildman–Crippen LogP) is 1.72. The van der Waals surface area contributed by atoms with Crippen molar-refractivity contribution in [3.8, 4) is 0 Å². The first kappa shape index (κ1) is 13.2. The summed E-state index contributed by atoms with van der Waals surface area (Å²) in [7, 11) is 0. The van der Waals surface area contributed by atoms with E-state index in [1.54, 1.807) is 13.0 Å². The molecule has 1 aliphatic rings. The maximum Gasteiger partial charge on any atom is 0.221 e. The predicted molar refractivity (Wildman–Crippen MR) is 71.9 cm³/mol. The lowest BCUT2D eigenvalue weighted by atomic mass is 10.1. The Morgan fingerprint density at radius 1 is 1.44 bits per heavy atom. The number of nitrogens with zero attached hydrogens (tertiary/aromatic N) is 1. The molecule has 0 unspecified atom stereocenters. The number of anilines is 1. The molecule has 0 aliphatic carbocycles. The van der Waals surface area contributed by atoms with Crippen LogP contribution in [0, 0.1) is 0 Å². The maximum atomic E-state index is 11.3. The Morgan fingerprint density at radius 3 is 2.89 bits per heavy atom. The van der Waals surface area contributed by atoms with Crippen LogP contribution in [0.2, 0.25) is 5.02 Å². The number of halogens is 1. The molecule has 0 saturated carbocycles. The molecule has 1 aliphatic heterocycles. The third kappa shape index (κ3) is 2.94. The van der Waals surface area contributed by atoms with Crippen molar-refractivity contribution in [1.29, 1.82) is 0 Å². The van der Waals surface area contributed by atoms with Crippen molar-refractivity contribution in [2.45, 2.75) is 19.4 Å². The quantitative estimate of drug-likeness (QED) is 0.859. The van der Waals surface area contributed by atoms with Crippen LogP contribution in [-0.4, -0.2) is 30.6 Å². The number of benzene rings is 1. The molecule has 0 aromatic heterocycles. The van der Waals surface area contributed by atoms with Crippen molar-refractivity contribution in [2.75, 3.05) is 24.5 Å². The van der Waals surface area contributed by atoms with E-state index in [1.807, 2.05) is 12.1 Å². The summed E-state index contributed by atoms with van der Waals surface area (Å²) in [4.78, 5) is 13.4. The smallest absolute Gasteiger partial charge is 0.221 e. The lowest BCUT2D eigenvalue weighted by molar-refractivity contribution is -0.120. The van der Waals surface area contributed by atoms with Crippen LogP contribution in [0.3, 0.4) is 0 Å². The fourth-order valence-corrected chi connectivity index (χ4v) is 2.36. The van der Waals surface area contributed by atoms with E-state index >= 15 is 0 Å². The van der Waals surface area contributed by atoms with Crippen molar-refractivity contribution >= 4 is 23.2 Å². The molecule has 1 saturated heterocycles. The molecule has 1 amide bonds. The Labute approximate surface area is 112 Å². The molecular formula is C13H17ClN2O2. The van der Waals surface area contributed by atoms with Gasteiger partial charge in [-0.3, -0.25) is 4.79 Å². The maximum absolute atomic E-state index is 11.3. The summed E-state index contributed by atoms with van der Waals surface area (Å²) in [5.41, 5.74) is 1.71. The summed E-state index contributed by atoms with van der Waals surface area (Å²) < 4.78 is 0. The van der Waals surface area contributed by atoms with Crippen LogP contribution in [0.4, 0.5) is 5.69 Å². The van der Waals surface area contributed by atoms with Gasteiger partial charge in [0.05, 0.1) is 16.8 Å². The van der Waals surface area contributed by atoms with Crippen LogP contribution in [0.15, 0.2) is 18.2 Å². The van der Waals surface area contributed by atoms with Crippen molar-refractivity contribution in [3.63, 3.8) is 0 Å². The zero-order chi connectivity index (χ0) is 13.1. The molecule has 1 atom stereocenters. The average molecular weight is 269 g/mol. The molecule has 1 aromatic carbocycles.